The second-order valence-corrected chi connectivity index (χ2v) is 5.36. The van der Waals surface area contributed by atoms with Gasteiger partial charge >= 0.3 is 0 Å². The topological polar surface area (TPSA) is 55.1 Å². The first-order chi connectivity index (χ1) is 8.99. The molecule has 1 amide bonds. The number of halogens is 2. The Kier molecular flexibility index (Phi) is 4.12. The highest BCUT2D eigenvalue weighted by Crippen LogP contribution is 2.24. The van der Waals surface area contributed by atoms with Gasteiger partial charge in [0, 0.05) is 26.4 Å². The molecule has 2 rings (SSSR count). The fourth-order valence-corrected chi connectivity index (χ4v) is 2.04. The molecule has 0 saturated carbocycles. The minimum Gasteiger partial charge on any atom is -0.398 e. The molecule has 0 aromatic heterocycles. The Hall–Kier alpha value is -1.52. The Morgan fingerprint density at radius 2 is 2.05 bits per heavy atom. The number of hydrogen-bond donors (Lipinski definition) is 2. The van der Waals surface area contributed by atoms with Crippen molar-refractivity contribution >= 4 is 44.8 Å². The van der Waals surface area contributed by atoms with Crippen LogP contribution in [0.25, 0.3) is 0 Å². The van der Waals surface area contributed by atoms with Gasteiger partial charge in [-0.1, -0.05) is 17.7 Å². The number of anilines is 2. The fraction of sp³-hybridized carbons (Fsp3) is 0.0714. The quantitative estimate of drug-likeness (QED) is 0.804. The van der Waals surface area contributed by atoms with Crippen molar-refractivity contribution in [3.8, 4) is 0 Å². The lowest BCUT2D eigenvalue weighted by Crippen LogP contribution is -2.13. The van der Waals surface area contributed by atoms with Crippen molar-refractivity contribution in [1.29, 1.82) is 0 Å². The van der Waals surface area contributed by atoms with Gasteiger partial charge < -0.3 is 11.1 Å². The van der Waals surface area contributed by atoms with Gasteiger partial charge in [0.05, 0.1) is 0 Å². The highest BCUT2D eigenvalue weighted by Gasteiger charge is 2.10. The Bertz CT molecular complexity index is 643. The number of rotatable bonds is 2. The van der Waals surface area contributed by atoms with E-state index in [4.69, 9.17) is 17.3 Å². The zero-order valence-corrected chi connectivity index (χ0v) is 12.5. The van der Waals surface area contributed by atoms with Gasteiger partial charge in [0.1, 0.15) is 0 Å². The summed E-state index contributed by atoms with van der Waals surface area (Å²) in [6.07, 6.45) is 0. The molecule has 0 spiro atoms. The minimum absolute atomic E-state index is 0.218. The van der Waals surface area contributed by atoms with Crippen LogP contribution in [-0.4, -0.2) is 5.91 Å². The number of nitrogen functional groups attached to an aromatic ring is 1. The van der Waals surface area contributed by atoms with Gasteiger partial charge in [-0.15, -0.1) is 0 Å². The molecule has 0 heterocycles. The second-order valence-electron chi connectivity index (χ2n) is 4.10. The van der Waals surface area contributed by atoms with Crippen molar-refractivity contribution < 1.29 is 4.79 Å². The number of amides is 1. The van der Waals surface area contributed by atoms with E-state index in [-0.39, 0.29) is 5.91 Å². The number of nitrogens with two attached hydrogens (primary N) is 1. The van der Waals surface area contributed by atoms with Crippen molar-refractivity contribution in [2.45, 2.75) is 6.92 Å². The summed E-state index contributed by atoms with van der Waals surface area (Å²) < 4.78 is 0.767. The highest BCUT2D eigenvalue weighted by atomic mass is 79.9. The van der Waals surface area contributed by atoms with Gasteiger partial charge in [0.2, 0.25) is 0 Å². The van der Waals surface area contributed by atoms with E-state index in [9.17, 15) is 4.79 Å². The SMILES string of the molecule is Cc1c(Cl)cccc1NC(=O)c1ccc(Br)c(N)c1. The van der Waals surface area contributed by atoms with E-state index in [1.807, 2.05) is 6.92 Å². The number of carbonyl (C=O) groups excluding carboxylic acids is 1. The molecule has 0 aliphatic heterocycles. The van der Waals surface area contributed by atoms with Crippen LogP contribution >= 0.6 is 27.5 Å². The summed E-state index contributed by atoms with van der Waals surface area (Å²) >= 11 is 9.30. The molecule has 2 aromatic rings. The maximum Gasteiger partial charge on any atom is 0.255 e. The molecule has 0 aliphatic carbocycles. The maximum absolute atomic E-state index is 12.1. The first-order valence-corrected chi connectivity index (χ1v) is 6.77. The van der Waals surface area contributed by atoms with Gasteiger partial charge in [-0.25, -0.2) is 0 Å². The van der Waals surface area contributed by atoms with Crippen molar-refractivity contribution in [2.75, 3.05) is 11.1 Å². The molecule has 0 fully saturated rings. The summed E-state index contributed by atoms with van der Waals surface area (Å²) in [6.45, 7) is 1.86. The van der Waals surface area contributed by atoms with Gasteiger partial charge in [-0.2, -0.15) is 0 Å². The smallest absolute Gasteiger partial charge is 0.255 e. The van der Waals surface area contributed by atoms with Crippen molar-refractivity contribution in [3.05, 3.63) is 57.0 Å². The summed E-state index contributed by atoms with van der Waals surface area (Å²) in [5, 5.41) is 3.44. The molecule has 0 unspecified atom stereocenters. The molecule has 0 bridgehead atoms. The number of carbonyl (C=O) groups is 1. The molecule has 98 valence electrons. The van der Waals surface area contributed by atoms with Crippen LogP contribution in [0, 0.1) is 6.92 Å². The predicted octanol–water partition coefficient (Wildman–Crippen LogP) is 4.25. The maximum atomic E-state index is 12.1. The summed E-state index contributed by atoms with van der Waals surface area (Å²) in [6, 6.07) is 10.5. The Morgan fingerprint density at radius 3 is 2.74 bits per heavy atom. The van der Waals surface area contributed by atoms with Crippen LogP contribution in [0.15, 0.2) is 40.9 Å². The zero-order valence-electron chi connectivity index (χ0n) is 10.2. The van der Waals surface area contributed by atoms with E-state index < -0.39 is 0 Å². The largest absolute Gasteiger partial charge is 0.398 e. The van der Waals surface area contributed by atoms with Crippen LogP contribution in [0.5, 0.6) is 0 Å². The van der Waals surface area contributed by atoms with Gasteiger partial charge in [0.15, 0.2) is 0 Å². The van der Waals surface area contributed by atoms with E-state index in [2.05, 4.69) is 21.2 Å². The molecule has 3 N–H and O–H groups in total. The van der Waals surface area contributed by atoms with Gasteiger partial charge in [-0.3, -0.25) is 4.79 Å². The van der Waals surface area contributed by atoms with E-state index in [1.165, 1.54) is 0 Å². The first-order valence-electron chi connectivity index (χ1n) is 5.60. The van der Waals surface area contributed by atoms with Crippen LogP contribution in [0.1, 0.15) is 15.9 Å². The standard InChI is InChI=1S/C14H12BrClN2O/c1-8-11(16)3-2-4-13(8)18-14(19)9-5-6-10(15)12(17)7-9/h2-7H,17H2,1H3,(H,18,19). The minimum atomic E-state index is -0.218. The average molecular weight is 340 g/mol. The molecule has 19 heavy (non-hydrogen) atoms. The van der Waals surface area contributed by atoms with E-state index in [1.54, 1.807) is 36.4 Å². The third kappa shape index (κ3) is 3.08. The average Bonchev–Trinajstić information content (AvgIpc) is 2.38. The summed E-state index contributed by atoms with van der Waals surface area (Å²) in [4.78, 5) is 12.1. The molecule has 5 heteroatoms. The molecule has 0 atom stereocenters. The molecule has 0 saturated heterocycles. The number of benzene rings is 2. The normalized spacial score (nSPS) is 10.3. The van der Waals surface area contributed by atoms with Crippen molar-refractivity contribution in [2.24, 2.45) is 0 Å². The van der Waals surface area contributed by atoms with Crippen molar-refractivity contribution in [3.63, 3.8) is 0 Å². The van der Waals surface area contributed by atoms with Crippen molar-refractivity contribution in [1.82, 2.24) is 0 Å². The van der Waals surface area contributed by atoms with Gasteiger partial charge in [0.25, 0.3) is 5.91 Å². The third-order valence-electron chi connectivity index (χ3n) is 2.77. The Morgan fingerprint density at radius 1 is 1.32 bits per heavy atom. The summed E-state index contributed by atoms with van der Waals surface area (Å²) in [7, 11) is 0. The molecular weight excluding hydrogens is 328 g/mol. The number of nitrogens with one attached hydrogen (secondary N) is 1. The van der Waals surface area contributed by atoms with E-state index >= 15 is 0 Å². The van der Waals surface area contributed by atoms with Crippen LogP contribution in [0.3, 0.4) is 0 Å². The lowest BCUT2D eigenvalue weighted by Gasteiger charge is -2.10. The molecule has 3 nitrogen and oxygen atoms in total. The summed E-state index contributed by atoms with van der Waals surface area (Å²) in [5.41, 5.74) is 8.31. The summed E-state index contributed by atoms with van der Waals surface area (Å²) in [5.74, 6) is -0.218. The van der Waals surface area contributed by atoms with E-state index in [0.29, 0.717) is 22.0 Å². The second kappa shape index (κ2) is 5.63. The van der Waals surface area contributed by atoms with Crippen LogP contribution in [-0.2, 0) is 0 Å². The predicted molar refractivity (Wildman–Crippen MR) is 82.7 cm³/mol. The zero-order chi connectivity index (χ0) is 14.0. The van der Waals surface area contributed by atoms with E-state index in [0.717, 1.165) is 10.0 Å². The Labute approximate surface area is 124 Å². The van der Waals surface area contributed by atoms with Crippen LogP contribution in [0.4, 0.5) is 11.4 Å². The molecule has 2 aromatic carbocycles. The van der Waals surface area contributed by atoms with Crippen LogP contribution < -0.4 is 11.1 Å². The monoisotopic (exact) mass is 338 g/mol. The lowest BCUT2D eigenvalue weighted by atomic mass is 10.1. The Balaban J connectivity index is 2.26. The van der Waals surface area contributed by atoms with Gasteiger partial charge in [-0.05, 0) is 58.7 Å². The first kappa shape index (κ1) is 13.9. The number of hydrogen-bond acceptors (Lipinski definition) is 2. The molecule has 0 aliphatic rings. The highest BCUT2D eigenvalue weighted by molar-refractivity contribution is 9.10. The molecular formula is C14H12BrClN2O. The third-order valence-corrected chi connectivity index (χ3v) is 3.91. The fourth-order valence-electron chi connectivity index (χ4n) is 1.62. The molecule has 0 radical (unpaired) electrons. The van der Waals surface area contributed by atoms with Crippen LogP contribution in [0.2, 0.25) is 5.02 Å². The lowest BCUT2D eigenvalue weighted by molar-refractivity contribution is 0.102.